The molecule has 1 aromatic carbocycles. The molecule has 0 atom stereocenters. The maximum atomic E-state index is 5.98. The Labute approximate surface area is 125 Å². The molecule has 0 saturated carbocycles. The number of hydrogen-bond acceptors (Lipinski definition) is 4. The predicted octanol–water partition coefficient (Wildman–Crippen LogP) is 3.43. The molecule has 1 aromatic heterocycles. The predicted molar refractivity (Wildman–Crippen MR) is 85.4 cm³/mol. The van der Waals surface area contributed by atoms with Crippen LogP contribution in [0.3, 0.4) is 0 Å². The van der Waals surface area contributed by atoms with E-state index in [-0.39, 0.29) is 0 Å². The Morgan fingerprint density at radius 3 is 2.80 bits per heavy atom. The van der Waals surface area contributed by atoms with Crippen molar-refractivity contribution in [3.63, 3.8) is 0 Å². The van der Waals surface area contributed by atoms with Crippen molar-refractivity contribution in [1.82, 2.24) is 14.9 Å². The second kappa shape index (κ2) is 6.86. The molecular formula is C15H21ClN4. The van der Waals surface area contributed by atoms with Gasteiger partial charge in [0.1, 0.15) is 12.1 Å². The summed E-state index contributed by atoms with van der Waals surface area (Å²) in [6.07, 6.45) is 1.57. The summed E-state index contributed by atoms with van der Waals surface area (Å²) in [6, 6.07) is 6.24. The van der Waals surface area contributed by atoms with Crippen molar-refractivity contribution in [3.05, 3.63) is 29.5 Å². The first kappa shape index (κ1) is 15.0. The van der Waals surface area contributed by atoms with Crippen LogP contribution in [0.25, 0.3) is 10.9 Å². The number of anilines is 1. The van der Waals surface area contributed by atoms with Gasteiger partial charge >= 0.3 is 0 Å². The van der Waals surface area contributed by atoms with Crippen LogP contribution in [0.4, 0.5) is 5.82 Å². The minimum absolute atomic E-state index is 0.558. The molecule has 1 N–H and O–H groups in total. The lowest BCUT2D eigenvalue weighted by molar-refractivity contribution is 0.243. The Kier molecular flexibility index (Phi) is 5.15. The van der Waals surface area contributed by atoms with Gasteiger partial charge in [-0.05, 0) is 38.6 Å². The standard InChI is InChI=1S/C15H21ClN4/c1-4-20(11(2)3)8-7-17-15-13-6-5-12(16)9-14(13)18-10-19-15/h5-6,9-11H,4,7-8H2,1-3H3,(H,17,18,19). The van der Waals surface area contributed by atoms with Crippen LogP contribution in [0.2, 0.25) is 5.02 Å². The van der Waals surface area contributed by atoms with Gasteiger partial charge in [-0.2, -0.15) is 0 Å². The van der Waals surface area contributed by atoms with Crippen LogP contribution in [0.1, 0.15) is 20.8 Å². The minimum atomic E-state index is 0.558. The van der Waals surface area contributed by atoms with Crippen LogP contribution >= 0.6 is 11.6 Å². The van der Waals surface area contributed by atoms with Crippen molar-refractivity contribution in [3.8, 4) is 0 Å². The highest BCUT2D eigenvalue weighted by Crippen LogP contribution is 2.22. The van der Waals surface area contributed by atoms with Crippen LogP contribution in [0.15, 0.2) is 24.5 Å². The molecule has 0 aliphatic rings. The lowest BCUT2D eigenvalue weighted by Crippen LogP contribution is -2.34. The molecule has 1 heterocycles. The normalized spacial score (nSPS) is 11.5. The largest absolute Gasteiger partial charge is 0.368 e. The fourth-order valence-electron chi connectivity index (χ4n) is 2.27. The van der Waals surface area contributed by atoms with E-state index in [4.69, 9.17) is 11.6 Å². The number of rotatable bonds is 6. The molecule has 0 aliphatic heterocycles. The van der Waals surface area contributed by atoms with E-state index in [2.05, 4.69) is 41.0 Å². The van der Waals surface area contributed by atoms with E-state index in [0.717, 1.165) is 36.4 Å². The highest BCUT2D eigenvalue weighted by molar-refractivity contribution is 6.31. The number of aromatic nitrogens is 2. The number of benzene rings is 1. The summed E-state index contributed by atoms with van der Waals surface area (Å²) in [7, 11) is 0. The van der Waals surface area contributed by atoms with Crippen LogP contribution in [0, 0.1) is 0 Å². The molecule has 20 heavy (non-hydrogen) atoms. The number of nitrogens with zero attached hydrogens (tertiary/aromatic N) is 3. The van der Waals surface area contributed by atoms with E-state index in [0.29, 0.717) is 11.1 Å². The second-order valence-electron chi connectivity index (χ2n) is 5.03. The van der Waals surface area contributed by atoms with Gasteiger partial charge in [0.05, 0.1) is 5.52 Å². The van der Waals surface area contributed by atoms with Crippen LogP contribution in [0.5, 0.6) is 0 Å². The van der Waals surface area contributed by atoms with Crippen molar-refractivity contribution in [1.29, 1.82) is 0 Å². The first-order chi connectivity index (χ1) is 9.61. The Morgan fingerprint density at radius 1 is 1.30 bits per heavy atom. The molecule has 0 aliphatic carbocycles. The maximum Gasteiger partial charge on any atom is 0.137 e. The van der Waals surface area contributed by atoms with Gasteiger partial charge in [0, 0.05) is 29.5 Å². The van der Waals surface area contributed by atoms with Gasteiger partial charge < -0.3 is 5.32 Å². The van der Waals surface area contributed by atoms with Crippen molar-refractivity contribution in [2.24, 2.45) is 0 Å². The molecule has 0 radical (unpaired) electrons. The van der Waals surface area contributed by atoms with Gasteiger partial charge in [-0.1, -0.05) is 18.5 Å². The SMILES string of the molecule is CCN(CCNc1ncnc2cc(Cl)ccc12)C(C)C. The van der Waals surface area contributed by atoms with Gasteiger partial charge in [0.2, 0.25) is 0 Å². The Balaban J connectivity index is 2.07. The molecule has 2 rings (SSSR count). The summed E-state index contributed by atoms with van der Waals surface area (Å²) in [5, 5.41) is 5.09. The zero-order valence-electron chi connectivity index (χ0n) is 12.2. The fourth-order valence-corrected chi connectivity index (χ4v) is 2.44. The molecule has 2 aromatic rings. The van der Waals surface area contributed by atoms with E-state index >= 15 is 0 Å². The third-order valence-electron chi connectivity index (χ3n) is 3.43. The molecule has 108 valence electrons. The second-order valence-corrected chi connectivity index (χ2v) is 5.47. The lowest BCUT2D eigenvalue weighted by atomic mass is 10.2. The van der Waals surface area contributed by atoms with E-state index in [1.54, 1.807) is 6.33 Å². The molecule has 4 nitrogen and oxygen atoms in total. The summed E-state index contributed by atoms with van der Waals surface area (Å²) >= 11 is 5.98. The number of nitrogens with one attached hydrogen (secondary N) is 1. The van der Waals surface area contributed by atoms with E-state index in [9.17, 15) is 0 Å². The van der Waals surface area contributed by atoms with Crippen molar-refractivity contribution in [2.75, 3.05) is 25.0 Å². The van der Waals surface area contributed by atoms with Crippen LogP contribution < -0.4 is 5.32 Å². The van der Waals surface area contributed by atoms with E-state index < -0.39 is 0 Å². The smallest absolute Gasteiger partial charge is 0.137 e. The number of fused-ring (bicyclic) bond motifs is 1. The summed E-state index contributed by atoms with van der Waals surface area (Å²) in [5.74, 6) is 0.867. The van der Waals surface area contributed by atoms with E-state index in [1.165, 1.54) is 0 Å². The zero-order chi connectivity index (χ0) is 14.5. The third kappa shape index (κ3) is 3.58. The van der Waals surface area contributed by atoms with Gasteiger partial charge in [0.25, 0.3) is 0 Å². The average molecular weight is 293 g/mol. The van der Waals surface area contributed by atoms with Gasteiger partial charge in [-0.3, -0.25) is 4.90 Å². The maximum absolute atomic E-state index is 5.98. The first-order valence-corrected chi connectivity index (χ1v) is 7.37. The van der Waals surface area contributed by atoms with Crippen molar-refractivity contribution < 1.29 is 0 Å². The number of hydrogen-bond donors (Lipinski definition) is 1. The summed E-state index contributed by atoms with van der Waals surface area (Å²) in [6.45, 7) is 9.52. The van der Waals surface area contributed by atoms with Gasteiger partial charge in [-0.15, -0.1) is 0 Å². The monoisotopic (exact) mass is 292 g/mol. The average Bonchev–Trinajstić information content (AvgIpc) is 2.42. The Bertz CT molecular complexity index is 571. The molecule has 0 spiro atoms. The quantitative estimate of drug-likeness (QED) is 0.886. The van der Waals surface area contributed by atoms with Crippen LogP contribution in [-0.4, -0.2) is 40.5 Å². The van der Waals surface area contributed by atoms with Gasteiger partial charge in [0.15, 0.2) is 0 Å². The summed E-state index contributed by atoms with van der Waals surface area (Å²) in [4.78, 5) is 11.0. The van der Waals surface area contributed by atoms with Gasteiger partial charge in [-0.25, -0.2) is 9.97 Å². The minimum Gasteiger partial charge on any atom is -0.368 e. The highest BCUT2D eigenvalue weighted by atomic mass is 35.5. The molecule has 5 heteroatoms. The summed E-state index contributed by atoms with van der Waals surface area (Å²) < 4.78 is 0. The Morgan fingerprint density at radius 2 is 2.10 bits per heavy atom. The molecule has 0 saturated heterocycles. The molecular weight excluding hydrogens is 272 g/mol. The fraction of sp³-hybridized carbons (Fsp3) is 0.467. The summed E-state index contributed by atoms with van der Waals surface area (Å²) in [5.41, 5.74) is 0.867. The molecule has 0 bridgehead atoms. The molecule has 0 unspecified atom stereocenters. The Hall–Kier alpha value is -1.39. The highest BCUT2D eigenvalue weighted by Gasteiger charge is 2.07. The van der Waals surface area contributed by atoms with Crippen molar-refractivity contribution >= 4 is 28.3 Å². The number of halogens is 1. The van der Waals surface area contributed by atoms with Crippen LogP contribution in [-0.2, 0) is 0 Å². The molecule has 0 fully saturated rings. The third-order valence-corrected chi connectivity index (χ3v) is 3.66. The molecule has 0 amide bonds. The number of likely N-dealkylation sites (N-methyl/N-ethyl adjacent to an activating group) is 1. The van der Waals surface area contributed by atoms with E-state index in [1.807, 2.05) is 18.2 Å². The zero-order valence-corrected chi connectivity index (χ0v) is 13.0. The first-order valence-electron chi connectivity index (χ1n) is 7.00. The van der Waals surface area contributed by atoms with Crippen molar-refractivity contribution in [2.45, 2.75) is 26.8 Å². The lowest BCUT2D eigenvalue weighted by Gasteiger charge is -2.24. The topological polar surface area (TPSA) is 41.0 Å².